The summed E-state index contributed by atoms with van der Waals surface area (Å²) in [4.78, 5) is 0. The quantitative estimate of drug-likeness (QED) is 0.859. The van der Waals surface area contributed by atoms with E-state index in [0.717, 1.165) is 0 Å². The Morgan fingerprint density at radius 1 is 0.714 bits per heavy atom. The number of aryl methyl sites for hydroxylation is 2. The maximum atomic E-state index is 3.73. The first-order valence-corrected chi connectivity index (χ1v) is 8.07. The van der Waals surface area contributed by atoms with E-state index in [-0.39, 0.29) is 0 Å². The molecule has 0 saturated carbocycles. The van der Waals surface area contributed by atoms with Crippen molar-refractivity contribution < 1.29 is 0 Å². The lowest BCUT2D eigenvalue weighted by Gasteiger charge is -2.33. The van der Waals surface area contributed by atoms with Crippen molar-refractivity contribution >= 4 is 11.4 Å². The van der Waals surface area contributed by atoms with Gasteiger partial charge in [-0.2, -0.15) is 0 Å². The molecule has 2 aromatic carbocycles. The first kappa shape index (κ1) is 12.8. The lowest BCUT2D eigenvalue weighted by molar-refractivity contribution is 0.502. The minimum Gasteiger partial charge on any atom is -0.382 e. The van der Waals surface area contributed by atoms with Crippen LogP contribution in [-0.4, -0.2) is 12.1 Å². The zero-order chi connectivity index (χ0) is 14.1. The number of rotatable bonds is 2. The van der Waals surface area contributed by atoms with E-state index in [9.17, 15) is 0 Å². The average Bonchev–Trinajstić information content (AvgIpc) is 2.55. The van der Waals surface area contributed by atoms with Crippen molar-refractivity contribution in [3.05, 3.63) is 59.7 Å². The first-order chi connectivity index (χ1) is 10.4. The third kappa shape index (κ3) is 2.63. The molecule has 0 unspecified atom stereocenters. The minimum atomic E-state index is 0.600. The molecular formula is C19H22N2. The zero-order valence-electron chi connectivity index (χ0n) is 12.3. The van der Waals surface area contributed by atoms with E-state index in [1.54, 1.807) is 0 Å². The Labute approximate surface area is 126 Å². The van der Waals surface area contributed by atoms with Crippen molar-refractivity contribution in [2.75, 3.05) is 10.6 Å². The van der Waals surface area contributed by atoms with Crippen LogP contribution in [0.15, 0.2) is 48.5 Å². The molecule has 0 spiro atoms. The van der Waals surface area contributed by atoms with Gasteiger partial charge in [0.05, 0.1) is 0 Å². The second-order valence-electron chi connectivity index (χ2n) is 6.31. The predicted octanol–water partition coefficient (Wildman–Crippen LogP) is 4.23. The molecular weight excluding hydrogens is 256 g/mol. The number of hydrogen-bond acceptors (Lipinski definition) is 2. The van der Waals surface area contributed by atoms with Gasteiger partial charge in [-0.05, 0) is 55.4 Å². The highest BCUT2D eigenvalue weighted by Gasteiger charge is 2.23. The molecule has 2 atom stereocenters. The highest BCUT2D eigenvalue weighted by Crippen LogP contribution is 2.30. The Morgan fingerprint density at radius 2 is 1.19 bits per heavy atom. The van der Waals surface area contributed by atoms with Crippen LogP contribution in [0.5, 0.6) is 0 Å². The van der Waals surface area contributed by atoms with Crippen molar-refractivity contribution in [1.29, 1.82) is 0 Å². The Kier molecular flexibility index (Phi) is 3.30. The molecule has 0 radical (unpaired) electrons. The SMILES string of the molecule is c1ccc2c(c1)CC[C@H](C[C@H]1CCc3ccccc3N1)N2. The summed E-state index contributed by atoms with van der Waals surface area (Å²) < 4.78 is 0. The van der Waals surface area contributed by atoms with Crippen LogP contribution in [0.4, 0.5) is 11.4 Å². The monoisotopic (exact) mass is 278 g/mol. The van der Waals surface area contributed by atoms with Gasteiger partial charge in [0.25, 0.3) is 0 Å². The van der Waals surface area contributed by atoms with Crippen LogP contribution in [0.25, 0.3) is 0 Å². The lowest BCUT2D eigenvalue weighted by atomic mass is 9.90. The molecule has 0 aromatic heterocycles. The molecule has 2 nitrogen and oxygen atoms in total. The van der Waals surface area contributed by atoms with E-state index in [1.807, 2.05) is 0 Å². The molecule has 0 amide bonds. The molecule has 2 heterocycles. The molecule has 0 bridgehead atoms. The topological polar surface area (TPSA) is 24.1 Å². The average molecular weight is 278 g/mol. The summed E-state index contributed by atoms with van der Waals surface area (Å²) >= 11 is 0. The predicted molar refractivity (Wildman–Crippen MR) is 89.0 cm³/mol. The first-order valence-electron chi connectivity index (χ1n) is 8.07. The van der Waals surface area contributed by atoms with Crippen molar-refractivity contribution in [1.82, 2.24) is 0 Å². The molecule has 0 aliphatic carbocycles. The maximum absolute atomic E-state index is 3.73. The molecule has 2 N–H and O–H groups in total. The van der Waals surface area contributed by atoms with Gasteiger partial charge in [0, 0.05) is 23.5 Å². The van der Waals surface area contributed by atoms with Gasteiger partial charge >= 0.3 is 0 Å². The third-order valence-corrected chi connectivity index (χ3v) is 4.85. The van der Waals surface area contributed by atoms with Gasteiger partial charge in [0.2, 0.25) is 0 Å². The fourth-order valence-corrected chi connectivity index (χ4v) is 3.70. The molecule has 0 saturated heterocycles. The fourth-order valence-electron chi connectivity index (χ4n) is 3.70. The van der Waals surface area contributed by atoms with E-state index >= 15 is 0 Å². The summed E-state index contributed by atoms with van der Waals surface area (Å²) in [5.41, 5.74) is 5.61. The van der Waals surface area contributed by atoms with E-state index < -0.39 is 0 Å². The molecule has 0 fully saturated rings. The summed E-state index contributed by atoms with van der Waals surface area (Å²) in [6.45, 7) is 0. The minimum absolute atomic E-state index is 0.600. The second kappa shape index (κ2) is 5.44. The fraction of sp³-hybridized carbons (Fsp3) is 0.368. The second-order valence-corrected chi connectivity index (χ2v) is 6.31. The van der Waals surface area contributed by atoms with Gasteiger partial charge in [-0.1, -0.05) is 36.4 Å². The van der Waals surface area contributed by atoms with E-state index in [0.29, 0.717) is 12.1 Å². The molecule has 2 aromatic rings. The van der Waals surface area contributed by atoms with E-state index in [1.165, 1.54) is 54.6 Å². The van der Waals surface area contributed by atoms with Crippen molar-refractivity contribution in [2.45, 2.75) is 44.2 Å². The van der Waals surface area contributed by atoms with Gasteiger partial charge in [-0.25, -0.2) is 0 Å². The number of nitrogens with one attached hydrogen (secondary N) is 2. The molecule has 2 heteroatoms. The molecule has 108 valence electrons. The Morgan fingerprint density at radius 3 is 1.71 bits per heavy atom. The van der Waals surface area contributed by atoms with Crippen molar-refractivity contribution in [2.24, 2.45) is 0 Å². The van der Waals surface area contributed by atoms with Crippen LogP contribution < -0.4 is 10.6 Å². The number of para-hydroxylation sites is 2. The van der Waals surface area contributed by atoms with Gasteiger partial charge < -0.3 is 10.6 Å². The number of hydrogen-bond donors (Lipinski definition) is 2. The van der Waals surface area contributed by atoms with Gasteiger partial charge in [0.1, 0.15) is 0 Å². The van der Waals surface area contributed by atoms with Gasteiger partial charge in [0.15, 0.2) is 0 Å². The van der Waals surface area contributed by atoms with Crippen LogP contribution in [-0.2, 0) is 12.8 Å². The normalized spacial score (nSPS) is 23.4. The zero-order valence-corrected chi connectivity index (χ0v) is 12.3. The highest BCUT2D eigenvalue weighted by molar-refractivity contribution is 5.55. The maximum Gasteiger partial charge on any atom is 0.0374 e. The van der Waals surface area contributed by atoms with Crippen molar-refractivity contribution in [3.8, 4) is 0 Å². The molecule has 2 aliphatic heterocycles. The number of anilines is 2. The van der Waals surface area contributed by atoms with Crippen LogP contribution >= 0.6 is 0 Å². The molecule has 21 heavy (non-hydrogen) atoms. The summed E-state index contributed by atoms with van der Waals surface area (Å²) in [5, 5.41) is 7.46. The number of benzene rings is 2. The Bertz CT molecular complexity index is 579. The summed E-state index contributed by atoms with van der Waals surface area (Å²) in [6, 6.07) is 18.6. The van der Waals surface area contributed by atoms with Crippen LogP contribution in [0.3, 0.4) is 0 Å². The van der Waals surface area contributed by atoms with Crippen LogP contribution in [0.1, 0.15) is 30.4 Å². The summed E-state index contributed by atoms with van der Waals surface area (Å²) in [7, 11) is 0. The van der Waals surface area contributed by atoms with E-state index in [2.05, 4.69) is 59.2 Å². The molecule has 4 rings (SSSR count). The standard InChI is InChI=1S/C19H22N2/c1-3-7-18-14(5-1)9-11-16(20-18)13-17-12-10-15-6-2-4-8-19(15)21-17/h1-8,16-17,20-21H,9-13H2/t16-,17-/m1/s1. The van der Waals surface area contributed by atoms with Crippen molar-refractivity contribution in [3.63, 3.8) is 0 Å². The molecule has 2 aliphatic rings. The lowest BCUT2D eigenvalue weighted by Crippen LogP contribution is -2.35. The third-order valence-electron chi connectivity index (χ3n) is 4.85. The smallest absolute Gasteiger partial charge is 0.0374 e. The van der Waals surface area contributed by atoms with E-state index in [4.69, 9.17) is 0 Å². The van der Waals surface area contributed by atoms with Crippen LogP contribution in [0.2, 0.25) is 0 Å². The number of fused-ring (bicyclic) bond motifs is 2. The summed E-state index contributed by atoms with van der Waals surface area (Å²) in [6.07, 6.45) is 6.12. The van der Waals surface area contributed by atoms with Crippen LogP contribution in [0, 0.1) is 0 Å². The highest BCUT2D eigenvalue weighted by atomic mass is 15.0. The Hall–Kier alpha value is -1.96. The summed E-state index contributed by atoms with van der Waals surface area (Å²) in [5.74, 6) is 0. The van der Waals surface area contributed by atoms with Gasteiger partial charge in [-0.15, -0.1) is 0 Å². The van der Waals surface area contributed by atoms with Gasteiger partial charge in [-0.3, -0.25) is 0 Å². The Balaban J connectivity index is 1.42. The largest absolute Gasteiger partial charge is 0.382 e.